The maximum absolute atomic E-state index is 9.20. The zero-order valence-electron chi connectivity index (χ0n) is 9.26. The van der Waals surface area contributed by atoms with Crippen molar-refractivity contribution in [2.24, 2.45) is 0 Å². The van der Waals surface area contributed by atoms with Gasteiger partial charge in [0.2, 0.25) is 0 Å². The van der Waals surface area contributed by atoms with Gasteiger partial charge in [-0.15, -0.1) is 0 Å². The molecular formula is C13H11N3O. The second kappa shape index (κ2) is 4.04. The molecule has 0 amide bonds. The summed E-state index contributed by atoms with van der Waals surface area (Å²) in [7, 11) is 0. The highest BCUT2D eigenvalue weighted by molar-refractivity contribution is 5.71. The summed E-state index contributed by atoms with van der Waals surface area (Å²) in [6.07, 6.45) is 1.76. The molecule has 2 aromatic rings. The van der Waals surface area contributed by atoms with Gasteiger partial charge in [0.15, 0.2) is 0 Å². The average molecular weight is 225 g/mol. The van der Waals surface area contributed by atoms with E-state index in [1.54, 1.807) is 6.20 Å². The van der Waals surface area contributed by atoms with Crippen LogP contribution in [0.15, 0.2) is 30.5 Å². The maximum atomic E-state index is 9.20. The van der Waals surface area contributed by atoms with Gasteiger partial charge in [-0.3, -0.25) is 4.68 Å². The van der Waals surface area contributed by atoms with Crippen molar-refractivity contribution in [1.82, 2.24) is 9.78 Å². The SMILES string of the molecule is N#Cc1cccc2c1-c1ccnn1CCOC2. The Hall–Kier alpha value is -2.12. The van der Waals surface area contributed by atoms with Gasteiger partial charge in [-0.1, -0.05) is 12.1 Å². The molecule has 17 heavy (non-hydrogen) atoms. The summed E-state index contributed by atoms with van der Waals surface area (Å²) in [6.45, 7) is 1.92. The Labute approximate surface area is 99.1 Å². The predicted octanol–water partition coefficient (Wildman–Crippen LogP) is 1.95. The van der Waals surface area contributed by atoms with Gasteiger partial charge in [0.1, 0.15) is 0 Å². The molecule has 1 aromatic carbocycles. The molecule has 4 heteroatoms. The molecule has 4 nitrogen and oxygen atoms in total. The minimum Gasteiger partial charge on any atom is -0.375 e. The predicted molar refractivity (Wildman–Crippen MR) is 62.0 cm³/mol. The summed E-state index contributed by atoms with van der Waals surface area (Å²) in [5.41, 5.74) is 3.67. The van der Waals surface area contributed by atoms with Crippen LogP contribution in [-0.2, 0) is 17.9 Å². The zero-order valence-corrected chi connectivity index (χ0v) is 9.26. The fourth-order valence-corrected chi connectivity index (χ4v) is 2.17. The van der Waals surface area contributed by atoms with Crippen LogP contribution in [0, 0.1) is 11.3 Å². The number of nitrogens with zero attached hydrogens (tertiary/aromatic N) is 3. The molecule has 1 aromatic heterocycles. The number of hydrogen-bond acceptors (Lipinski definition) is 3. The fourth-order valence-electron chi connectivity index (χ4n) is 2.17. The average Bonchev–Trinajstić information content (AvgIpc) is 2.78. The van der Waals surface area contributed by atoms with Crippen molar-refractivity contribution in [2.75, 3.05) is 6.61 Å². The van der Waals surface area contributed by atoms with Crippen molar-refractivity contribution in [3.63, 3.8) is 0 Å². The van der Waals surface area contributed by atoms with Gasteiger partial charge >= 0.3 is 0 Å². The van der Waals surface area contributed by atoms with Crippen LogP contribution in [-0.4, -0.2) is 16.4 Å². The van der Waals surface area contributed by atoms with Gasteiger partial charge in [0, 0.05) is 11.8 Å². The van der Waals surface area contributed by atoms with E-state index in [4.69, 9.17) is 4.74 Å². The summed E-state index contributed by atoms with van der Waals surface area (Å²) in [5, 5.41) is 13.5. The van der Waals surface area contributed by atoms with Crippen LogP contribution in [0.2, 0.25) is 0 Å². The number of hydrogen-bond donors (Lipinski definition) is 0. The fraction of sp³-hybridized carbons (Fsp3) is 0.231. The molecule has 0 saturated carbocycles. The zero-order chi connectivity index (χ0) is 11.7. The second-order valence-corrected chi connectivity index (χ2v) is 3.94. The smallest absolute Gasteiger partial charge is 0.0998 e. The molecule has 3 rings (SSSR count). The van der Waals surface area contributed by atoms with Crippen LogP contribution < -0.4 is 0 Å². The highest BCUT2D eigenvalue weighted by Gasteiger charge is 2.16. The molecule has 84 valence electrons. The summed E-state index contributed by atoms with van der Waals surface area (Å²) >= 11 is 0. The van der Waals surface area contributed by atoms with E-state index >= 15 is 0 Å². The third kappa shape index (κ3) is 1.61. The monoisotopic (exact) mass is 225 g/mol. The van der Waals surface area contributed by atoms with E-state index in [1.165, 1.54) is 0 Å². The molecule has 1 aliphatic heterocycles. The first-order valence-corrected chi connectivity index (χ1v) is 5.52. The quantitative estimate of drug-likeness (QED) is 0.688. The molecular weight excluding hydrogens is 214 g/mol. The van der Waals surface area contributed by atoms with Gasteiger partial charge in [-0.25, -0.2) is 0 Å². The largest absolute Gasteiger partial charge is 0.375 e. The Bertz CT molecular complexity index is 595. The molecule has 0 radical (unpaired) electrons. The van der Waals surface area contributed by atoms with Crippen molar-refractivity contribution in [3.05, 3.63) is 41.6 Å². The van der Waals surface area contributed by atoms with E-state index < -0.39 is 0 Å². The third-order valence-corrected chi connectivity index (χ3v) is 2.95. The number of rotatable bonds is 0. The second-order valence-electron chi connectivity index (χ2n) is 3.94. The minimum atomic E-state index is 0.552. The van der Waals surface area contributed by atoms with E-state index in [2.05, 4.69) is 11.2 Å². The van der Waals surface area contributed by atoms with E-state index in [-0.39, 0.29) is 0 Å². The molecule has 0 bridgehead atoms. The molecule has 0 aliphatic carbocycles. The standard InChI is InChI=1S/C13H11N3O/c14-8-10-2-1-3-11-9-17-7-6-16-12(13(10)11)4-5-15-16/h1-5H,6-7,9H2. The van der Waals surface area contributed by atoms with Crippen molar-refractivity contribution >= 4 is 0 Å². The van der Waals surface area contributed by atoms with Crippen LogP contribution in [0.3, 0.4) is 0 Å². The number of fused-ring (bicyclic) bond motifs is 3. The Morgan fingerprint density at radius 3 is 3.18 bits per heavy atom. The van der Waals surface area contributed by atoms with Crippen LogP contribution in [0.1, 0.15) is 11.1 Å². The molecule has 0 atom stereocenters. The lowest BCUT2D eigenvalue weighted by atomic mass is 9.99. The lowest BCUT2D eigenvalue weighted by Gasteiger charge is -2.17. The van der Waals surface area contributed by atoms with Gasteiger partial charge in [-0.05, 0) is 17.7 Å². The summed E-state index contributed by atoms with van der Waals surface area (Å²) in [6, 6.07) is 9.91. The Morgan fingerprint density at radius 1 is 1.35 bits per heavy atom. The Morgan fingerprint density at radius 2 is 2.29 bits per heavy atom. The molecule has 0 saturated heterocycles. The third-order valence-electron chi connectivity index (χ3n) is 2.95. The normalized spacial score (nSPS) is 14.1. The van der Waals surface area contributed by atoms with Gasteiger partial charge in [-0.2, -0.15) is 10.4 Å². The van der Waals surface area contributed by atoms with Gasteiger partial charge in [0.25, 0.3) is 0 Å². The number of nitriles is 1. The first-order chi connectivity index (χ1) is 8.40. The van der Waals surface area contributed by atoms with Crippen molar-refractivity contribution in [1.29, 1.82) is 5.26 Å². The number of ether oxygens (including phenoxy) is 1. The molecule has 0 fully saturated rings. The highest BCUT2D eigenvalue weighted by Crippen LogP contribution is 2.29. The van der Waals surface area contributed by atoms with Crippen LogP contribution in [0.4, 0.5) is 0 Å². The van der Waals surface area contributed by atoms with E-state index in [9.17, 15) is 5.26 Å². The molecule has 0 N–H and O–H groups in total. The first kappa shape index (κ1) is 10.1. The molecule has 1 aliphatic rings. The van der Waals surface area contributed by atoms with Crippen molar-refractivity contribution in [2.45, 2.75) is 13.2 Å². The van der Waals surface area contributed by atoms with E-state index in [0.717, 1.165) is 23.4 Å². The van der Waals surface area contributed by atoms with E-state index in [0.29, 0.717) is 18.8 Å². The van der Waals surface area contributed by atoms with Crippen molar-refractivity contribution < 1.29 is 4.74 Å². The maximum Gasteiger partial charge on any atom is 0.0998 e. The first-order valence-electron chi connectivity index (χ1n) is 5.52. The van der Waals surface area contributed by atoms with Gasteiger partial charge < -0.3 is 4.74 Å². The number of benzene rings is 1. The number of aromatic nitrogens is 2. The summed E-state index contributed by atoms with van der Waals surface area (Å²) in [4.78, 5) is 0. The molecule has 0 spiro atoms. The van der Waals surface area contributed by atoms with Crippen LogP contribution in [0.5, 0.6) is 0 Å². The molecule has 0 unspecified atom stereocenters. The topological polar surface area (TPSA) is 50.8 Å². The summed E-state index contributed by atoms with van der Waals surface area (Å²) in [5.74, 6) is 0. The lowest BCUT2D eigenvalue weighted by Crippen LogP contribution is -2.13. The van der Waals surface area contributed by atoms with Crippen LogP contribution >= 0.6 is 0 Å². The Kier molecular flexibility index (Phi) is 2.39. The summed E-state index contributed by atoms with van der Waals surface area (Å²) < 4.78 is 7.44. The van der Waals surface area contributed by atoms with E-state index in [1.807, 2.05) is 28.9 Å². The Balaban J connectivity index is 2.29. The van der Waals surface area contributed by atoms with Gasteiger partial charge in [0.05, 0.1) is 37.1 Å². The van der Waals surface area contributed by atoms with Crippen LogP contribution in [0.25, 0.3) is 11.3 Å². The highest BCUT2D eigenvalue weighted by atomic mass is 16.5. The molecule has 2 heterocycles. The lowest BCUT2D eigenvalue weighted by molar-refractivity contribution is 0.109. The van der Waals surface area contributed by atoms with Crippen molar-refractivity contribution in [3.8, 4) is 17.3 Å². The minimum absolute atomic E-state index is 0.552.